The van der Waals surface area contributed by atoms with Crippen molar-refractivity contribution in [3.63, 3.8) is 0 Å². The maximum Gasteiger partial charge on any atom is 0.140 e. The molecule has 1 aliphatic rings. The lowest BCUT2D eigenvalue weighted by Crippen LogP contribution is -2.44. The third kappa shape index (κ3) is 1.58. The van der Waals surface area contributed by atoms with Crippen LogP contribution in [0.25, 0.3) is 11.0 Å². The van der Waals surface area contributed by atoms with Crippen molar-refractivity contribution in [3.05, 3.63) is 29.0 Å². The Morgan fingerprint density at radius 2 is 2.40 bits per heavy atom. The summed E-state index contributed by atoms with van der Waals surface area (Å²) < 4.78 is 3.38. The third-order valence-electron chi connectivity index (χ3n) is 2.91. The number of aromatic nitrogens is 2. The molecule has 0 bridgehead atoms. The second-order valence-electron chi connectivity index (χ2n) is 4.02. The van der Waals surface area contributed by atoms with Crippen LogP contribution >= 0.6 is 15.9 Å². The van der Waals surface area contributed by atoms with E-state index in [-0.39, 0.29) is 0 Å². The molecule has 3 heterocycles. The maximum absolute atomic E-state index is 4.43. The minimum absolute atomic E-state index is 0.749. The Labute approximate surface area is 96.6 Å². The Morgan fingerprint density at radius 1 is 1.53 bits per heavy atom. The van der Waals surface area contributed by atoms with Crippen molar-refractivity contribution in [2.75, 3.05) is 13.1 Å². The topological polar surface area (TPSA) is 29.9 Å². The van der Waals surface area contributed by atoms with E-state index in [1.165, 1.54) is 5.39 Å². The minimum Gasteiger partial charge on any atom is -0.320 e. The van der Waals surface area contributed by atoms with Gasteiger partial charge in [-0.2, -0.15) is 0 Å². The van der Waals surface area contributed by atoms with Crippen molar-refractivity contribution in [2.24, 2.45) is 5.92 Å². The van der Waals surface area contributed by atoms with Crippen LogP contribution in [0.1, 0.15) is 0 Å². The van der Waals surface area contributed by atoms with Gasteiger partial charge in [-0.15, -0.1) is 0 Å². The van der Waals surface area contributed by atoms with Gasteiger partial charge >= 0.3 is 0 Å². The van der Waals surface area contributed by atoms with E-state index in [1.54, 1.807) is 0 Å². The molecule has 4 heteroatoms. The van der Waals surface area contributed by atoms with Gasteiger partial charge in [0.15, 0.2) is 0 Å². The van der Waals surface area contributed by atoms with Gasteiger partial charge in [-0.3, -0.25) is 0 Å². The van der Waals surface area contributed by atoms with Gasteiger partial charge in [-0.25, -0.2) is 4.98 Å². The summed E-state index contributed by atoms with van der Waals surface area (Å²) in [5.41, 5.74) is 1.08. The van der Waals surface area contributed by atoms with Gasteiger partial charge in [0, 0.05) is 37.1 Å². The summed E-state index contributed by atoms with van der Waals surface area (Å²) in [4.78, 5) is 4.43. The van der Waals surface area contributed by atoms with Crippen LogP contribution in [0.3, 0.4) is 0 Å². The summed E-state index contributed by atoms with van der Waals surface area (Å²) >= 11 is 3.59. The highest BCUT2D eigenvalue weighted by Gasteiger charge is 2.19. The van der Waals surface area contributed by atoms with Crippen molar-refractivity contribution in [1.82, 2.24) is 14.9 Å². The summed E-state index contributed by atoms with van der Waals surface area (Å²) in [7, 11) is 0. The van der Waals surface area contributed by atoms with Crippen LogP contribution in [0.4, 0.5) is 0 Å². The molecule has 0 aliphatic carbocycles. The van der Waals surface area contributed by atoms with E-state index in [2.05, 4.69) is 42.9 Å². The molecular formula is C11H12BrN3. The summed E-state index contributed by atoms with van der Waals surface area (Å²) in [5.74, 6) is 0.749. The van der Waals surface area contributed by atoms with Gasteiger partial charge in [0.1, 0.15) is 5.65 Å². The van der Waals surface area contributed by atoms with Crippen molar-refractivity contribution in [1.29, 1.82) is 0 Å². The minimum atomic E-state index is 0.749. The molecule has 0 radical (unpaired) electrons. The van der Waals surface area contributed by atoms with Gasteiger partial charge in [0.05, 0.1) is 4.60 Å². The first-order chi connectivity index (χ1) is 7.34. The Hall–Kier alpha value is -0.870. The van der Waals surface area contributed by atoms with E-state index in [4.69, 9.17) is 0 Å². The number of hydrogen-bond donors (Lipinski definition) is 1. The fraction of sp³-hybridized carbons (Fsp3) is 0.364. The molecule has 2 aromatic heterocycles. The molecule has 0 saturated carbocycles. The first-order valence-electron chi connectivity index (χ1n) is 5.15. The zero-order valence-electron chi connectivity index (χ0n) is 8.28. The van der Waals surface area contributed by atoms with Crippen LogP contribution in [-0.2, 0) is 6.54 Å². The Morgan fingerprint density at radius 3 is 3.13 bits per heavy atom. The van der Waals surface area contributed by atoms with Gasteiger partial charge in [0.2, 0.25) is 0 Å². The average Bonchev–Trinajstić information content (AvgIpc) is 2.48. The lowest BCUT2D eigenvalue weighted by Gasteiger charge is -2.27. The molecule has 3 rings (SSSR count). The van der Waals surface area contributed by atoms with Gasteiger partial charge in [0.25, 0.3) is 0 Å². The van der Waals surface area contributed by atoms with Crippen LogP contribution in [-0.4, -0.2) is 22.6 Å². The molecule has 1 fully saturated rings. The third-order valence-corrected chi connectivity index (χ3v) is 3.57. The molecule has 0 unspecified atom stereocenters. The Bertz CT molecular complexity index is 488. The lowest BCUT2D eigenvalue weighted by atomic mass is 10.0. The second kappa shape index (κ2) is 3.61. The predicted molar refractivity (Wildman–Crippen MR) is 63.8 cm³/mol. The molecule has 1 saturated heterocycles. The van der Waals surface area contributed by atoms with Crippen LogP contribution in [0, 0.1) is 5.92 Å². The normalized spacial score (nSPS) is 16.9. The van der Waals surface area contributed by atoms with E-state index in [0.29, 0.717) is 0 Å². The summed E-state index contributed by atoms with van der Waals surface area (Å²) in [6.45, 7) is 3.30. The van der Waals surface area contributed by atoms with Crippen LogP contribution < -0.4 is 5.32 Å². The number of rotatable bonds is 2. The highest BCUT2D eigenvalue weighted by atomic mass is 79.9. The average molecular weight is 266 g/mol. The largest absolute Gasteiger partial charge is 0.320 e. The summed E-state index contributed by atoms with van der Waals surface area (Å²) in [6.07, 6.45) is 1.85. The monoisotopic (exact) mass is 265 g/mol. The Balaban J connectivity index is 2.03. The quantitative estimate of drug-likeness (QED) is 0.901. The molecule has 15 heavy (non-hydrogen) atoms. The molecular weight excluding hydrogens is 254 g/mol. The van der Waals surface area contributed by atoms with Crippen molar-refractivity contribution >= 4 is 27.0 Å². The molecule has 2 aromatic rings. The fourth-order valence-electron chi connectivity index (χ4n) is 1.96. The highest BCUT2D eigenvalue weighted by Crippen LogP contribution is 2.24. The van der Waals surface area contributed by atoms with Gasteiger partial charge in [-0.05, 0) is 34.1 Å². The van der Waals surface area contributed by atoms with Gasteiger partial charge in [-0.1, -0.05) is 0 Å². The van der Waals surface area contributed by atoms with E-state index in [9.17, 15) is 0 Å². The fourth-order valence-corrected chi connectivity index (χ4v) is 2.52. The number of nitrogens with zero attached hydrogens (tertiary/aromatic N) is 2. The molecule has 0 aromatic carbocycles. The second-order valence-corrected chi connectivity index (χ2v) is 4.83. The molecule has 3 nitrogen and oxygen atoms in total. The first kappa shape index (κ1) is 9.36. The van der Waals surface area contributed by atoms with Crippen molar-refractivity contribution in [2.45, 2.75) is 6.54 Å². The molecule has 78 valence electrons. The van der Waals surface area contributed by atoms with Crippen LogP contribution in [0.15, 0.2) is 29.0 Å². The zero-order chi connectivity index (χ0) is 10.3. The van der Waals surface area contributed by atoms with E-state index in [1.807, 2.05) is 12.3 Å². The van der Waals surface area contributed by atoms with E-state index >= 15 is 0 Å². The van der Waals surface area contributed by atoms with Crippen molar-refractivity contribution in [3.8, 4) is 0 Å². The maximum atomic E-state index is 4.43. The first-order valence-corrected chi connectivity index (χ1v) is 5.94. The number of pyridine rings is 1. The lowest BCUT2D eigenvalue weighted by molar-refractivity contribution is 0.308. The SMILES string of the molecule is Brc1cc2cccnc2n1CC1CNC1. The summed E-state index contributed by atoms with van der Waals surface area (Å²) in [6, 6.07) is 6.21. The summed E-state index contributed by atoms with van der Waals surface area (Å²) in [5, 5.41) is 4.50. The predicted octanol–water partition coefficient (Wildman–Crippen LogP) is 2.02. The molecule has 0 amide bonds. The number of halogens is 1. The molecule has 0 spiro atoms. The number of nitrogens with one attached hydrogen (secondary N) is 1. The standard InChI is InChI=1S/C11H12BrN3/c12-10-4-9-2-1-3-14-11(9)15(10)7-8-5-13-6-8/h1-4,8,13H,5-7H2. The highest BCUT2D eigenvalue weighted by molar-refractivity contribution is 9.10. The van der Waals surface area contributed by atoms with Crippen LogP contribution in [0.5, 0.6) is 0 Å². The smallest absolute Gasteiger partial charge is 0.140 e. The van der Waals surface area contributed by atoms with E-state index < -0.39 is 0 Å². The molecule has 1 N–H and O–H groups in total. The van der Waals surface area contributed by atoms with Gasteiger partial charge < -0.3 is 9.88 Å². The molecule has 0 atom stereocenters. The Kier molecular flexibility index (Phi) is 2.25. The van der Waals surface area contributed by atoms with Crippen LogP contribution in [0.2, 0.25) is 0 Å². The zero-order valence-corrected chi connectivity index (χ0v) is 9.87. The van der Waals surface area contributed by atoms with Crippen molar-refractivity contribution < 1.29 is 0 Å². The molecule has 1 aliphatic heterocycles. The number of fused-ring (bicyclic) bond motifs is 1. The van der Waals surface area contributed by atoms with E-state index in [0.717, 1.165) is 35.8 Å². The number of hydrogen-bond acceptors (Lipinski definition) is 2.